The Morgan fingerprint density at radius 3 is 2.25 bits per heavy atom. The summed E-state index contributed by atoms with van der Waals surface area (Å²) in [7, 11) is 1.63. The molecule has 0 aromatic heterocycles. The second kappa shape index (κ2) is 8.55. The number of hydrogen-bond donors (Lipinski definition) is 1. The molecule has 0 unspecified atom stereocenters. The maximum absolute atomic E-state index is 12.4. The van der Waals surface area contributed by atoms with Crippen LogP contribution in [0.2, 0.25) is 0 Å². The molecular formula is C19H22N2O2S. The maximum Gasteiger partial charge on any atom is 0.254 e. The van der Waals surface area contributed by atoms with Gasteiger partial charge in [0.2, 0.25) is 5.91 Å². The Morgan fingerprint density at radius 2 is 1.67 bits per heavy atom. The third kappa shape index (κ3) is 5.13. The zero-order valence-corrected chi connectivity index (χ0v) is 15.0. The van der Waals surface area contributed by atoms with Crippen LogP contribution < -0.4 is 5.32 Å². The molecule has 0 saturated heterocycles. The third-order valence-electron chi connectivity index (χ3n) is 3.57. The Kier molecular flexibility index (Phi) is 6.44. The lowest BCUT2D eigenvalue weighted by Crippen LogP contribution is -2.34. The molecule has 0 bridgehead atoms. The number of carbonyl (C=O) groups excluding carboxylic acids is 2. The molecule has 0 heterocycles. The quantitative estimate of drug-likeness (QED) is 0.873. The first-order chi connectivity index (χ1) is 11.5. The molecule has 126 valence electrons. The van der Waals surface area contributed by atoms with Gasteiger partial charge in [-0.05, 0) is 43.0 Å². The lowest BCUT2D eigenvalue weighted by Gasteiger charge is -2.17. The van der Waals surface area contributed by atoms with Crippen LogP contribution in [0.25, 0.3) is 0 Å². The number of thioether (sulfide) groups is 1. The average Bonchev–Trinajstić information content (AvgIpc) is 2.57. The zero-order chi connectivity index (χ0) is 17.5. The fourth-order valence-electron chi connectivity index (χ4n) is 2.26. The van der Waals surface area contributed by atoms with Crippen LogP contribution in [-0.4, -0.2) is 36.6 Å². The van der Waals surface area contributed by atoms with E-state index in [4.69, 9.17) is 0 Å². The predicted molar refractivity (Wildman–Crippen MR) is 100 cm³/mol. The van der Waals surface area contributed by atoms with E-state index in [-0.39, 0.29) is 18.4 Å². The summed E-state index contributed by atoms with van der Waals surface area (Å²) in [5.41, 5.74) is 3.63. The second-order valence-corrected chi connectivity index (χ2v) is 6.57. The van der Waals surface area contributed by atoms with Gasteiger partial charge in [-0.3, -0.25) is 9.59 Å². The molecule has 0 atom stereocenters. The summed E-state index contributed by atoms with van der Waals surface area (Å²) < 4.78 is 0. The molecule has 24 heavy (non-hydrogen) atoms. The summed E-state index contributed by atoms with van der Waals surface area (Å²) in [4.78, 5) is 25.9. The lowest BCUT2D eigenvalue weighted by atomic mass is 10.1. The SMILES string of the molecule is CSCc1ccc(C(=O)N(C)CC(=O)Nc2ccc(C)cc2)cc1. The molecule has 5 heteroatoms. The molecule has 0 saturated carbocycles. The number of amides is 2. The van der Waals surface area contributed by atoms with E-state index in [2.05, 4.69) is 5.32 Å². The molecule has 0 aliphatic heterocycles. The van der Waals surface area contributed by atoms with Crippen molar-refractivity contribution in [2.75, 3.05) is 25.2 Å². The smallest absolute Gasteiger partial charge is 0.254 e. The second-order valence-electron chi connectivity index (χ2n) is 5.71. The Bertz CT molecular complexity index is 696. The summed E-state index contributed by atoms with van der Waals surface area (Å²) >= 11 is 1.74. The molecule has 2 aromatic carbocycles. The van der Waals surface area contributed by atoms with E-state index in [0.717, 1.165) is 17.0 Å². The average molecular weight is 342 g/mol. The molecule has 2 amide bonds. The number of anilines is 1. The van der Waals surface area contributed by atoms with Crippen molar-refractivity contribution in [1.82, 2.24) is 4.90 Å². The van der Waals surface area contributed by atoms with Gasteiger partial charge in [-0.15, -0.1) is 0 Å². The van der Waals surface area contributed by atoms with E-state index >= 15 is 0 Å². The molecular weight excluding hydrogens is 320 g/mol. The van der Waals surface area contributed by atoms with Crippen LogP contribution in [-0.2, 0) is 10.5 Å². The predicted octanol–water partition coefficient (Wildman–Crippen LogP) is 3.57. The van der Waals surface area contributed by atoms with Crippen molar-refractivity contribution in [3.63, 3.8) is 0 Å². The number of nitrogens with zero attached hydrogens (tertiary/aromatic N) is 1. The van der Waals surface area contributed by atoms with Crippen LogP contribution >= 0.6 is 11.8 Å². The minimum Gasteiger partial charge on any atom is -0.332 e. The number of carbonyl (C=O) groups is 2. The maximum atomic E-state index is 12.4. The monoisotopic (exact) mass is 342 g/mol. The third-order valence-corrected chi connectivity index (χ3v) is 4.20. The van der Waals surface area contributed by atoms with Crippen molar-refractivity contribution in [2.45, 2.75) is 12.7 Å². The van der Waals surface area contributed by atoms with E-state index in [1.54, 1.807) is 18.8 Å². The number of nitrogens with one attached hydrogen (secondary N) is 1. The molecule has 1 N–H and O–H groups in total. The van der Waals surface area contributed by atoms with Gasteiger partial charge in [0, 0.05) is 24.1 Å². The fraction of sp³-hybridized carbons (Fsp3) is 0.263. The first-order valence-corrected chi connectivity index (χ1v) is 9.09. The number of hydrogen-bond acceptors (Lipinski definition) is 3. The Hall–Kier alpha value is -2.27. The van der Waals surface area contributed by atoms with E-state index in [1.807, 2.05) is 61.7 Å². The van der Waals surface area contributed by atoms with Crippen LogP contribution in [0, 0.1) is 6.92 Å². The number of likely N-dealkylation sites (N-methyl/N-ethyl adjacent to an activating group) is 1. The first kappa shape index (κ1) is 18.1. The van der Waals surface area contributed by atoms with Crippen LogP contribution in [0.4, 0.5) is 5.69 Å². The Morgan fingerprint density at radius 1 is 1.04 bits per heavy atom. The van der Waals surface area contributed by atoms with Gasteiger partial charge in [0.05, 0.1) is 6.54 Å². The molecule has 0 aliphatic rings. The van der Waals surface area contributed by atoms with Gasteiger partial charge in [0.1, 0.15) is 0 Å². The first-order valence-electron chi connectivity index (χ1n) is 7.69. The molecule has 0 spiro atoms. The highest BCUT2D eigenvalue weighted by molar-refractivity contribution is 7.97. The fourth-order valence-corrected chi connectivity index (χ4v) is 2.78. The van der Waals surface area contributed by atoms with E-state index in [1.165, 1.54) is 10.5 Å². The van der Waals surface area contributed by atoms with Gasteiger partial charge in [0.25, 0.3) is 5.91 Å². The molecule has 0 aliphatic carbocycles. The standard InChI is InChI=1S/C19H22N2O2S/c1-14-4-10-17(11-5-14)20-18(22)12-21(2)19(23)16-8-6-15(7-9-16)13-24-3/h4-11H,12-13H2,1-3H3,(H,20,22). The Labute approximate surface area is 147 Å². The summed E-state index contributed by atoms with van der Waals surface area (Å²) in [6, 6.07) is 15.1. The molecule has 0 radical (unpaired) electrons. The van der Waals surface area contributed by atoms with E-state index in [0.29, 0.717) is 5.56 Å². The van der Waals surface area contributed by atoms with Crippen molar-refractivity contribution in [3.8, 4) is 0 Å². The van der Waals surface area contributed by atoms with Crippen LogP contribution in [0.15, 0.2) is 48.5 Å². The molecule has 4 nitrogen and oxygen atoms in total. The van der Waals surface area contributed by atoms with Crippen LogP contribution in [0.3, 0.4) is 0 Å². The molecule has 2 aromatic rings. The number of aryl methyl sites for hydroxylation is 1. The van der Waals surface area contributed by atoms with Crippen LogP contribution in [0.5, 0.6) is 0 Å². The van der Waals surface area contributed by atoms with Gasteiger partial charge >= 0.3 is 0 Å². The van der Waals surface area contributed by atoms with Gasteiger partial charge in [-0.2, -0.15) is 11.8 Å². The topological polar surface area (TPSA) is 49.4 Å². The van der Waals surface area contributed by atoms with Gasteiger partial charge in [0.15, 0.2) is 0 Å². The Balaban J connectivity index is 1.92. The van der Waals surface area contributed by atoms with Gasteiger partial charge < -0.3 is 10.2 Å². The largest absolute Gasteiger partial charge is 0.332 e. The highest BCUT2D eigenvalue weighted by Gasteiger charge is 2.15. The van der Waals surface area contributed by atoms with Gasteiger partial charge in [-0.25, -0.2) is 0 Å². The normalized spacial score (nSPS) is 10.3. The van der Waals surface area contributed by atoms with Crippen molar-refractivity contribution in [1.29, 1.82) is 0 Å². The van der Waals surface area contributed by atoms with E-state index < -0.39 is 0 Å². The van der Waals surface area contributed by atoms with Gasteiger partial charge in [-0.1, -0.05) is 29.8 Å². The number of rotatable bonds is 6. The van der Waals surface area contributed by atoms with Crippen molar-refractivity contribution in [2.24, 2.45) is 0 Å². The van der Waals surface area contributed by atoms with Crippen LogP contribution in [0.1, 0.15) is 21.5 Å². The van der Waals surface area contributed by atoms with E-state index in [9.17, 15) is 9.59 Å². The highest BCUT2D eigenvalue weighted by atomic mass is 32.2. The molecule has 2 rings (SSSR count). The highest BCUT2D eigenvalue weighted by Crippen LogP contribution is 2.12. The summed E-state index contributed by atoms with van der Waals surface area (Å²) in [6.07, 6.45) is 2.04. The summed E-state index contributed by atoms with van der Waals surface area (Å²) in [5, 5.41) is 2.80. The zero-order valence-electron chi connectivity index (χ0n) is 14.2. The minimum absolute atomic E-state index is 0.0132. The van der Waals surface area contributed by atoms with Crippen molar-refractivity contribution >= 4 is 29.3 Å². The lowest BCUT2D eigenvalue weighted by molar-refractivity contribution is -0.116. The van der Waals surface area contributed by atoms with Crippen molar-refractivity contribution < 1.29 is 9.59 Å². The summed E-state index contributed by atoms with van der Waals surface area (Å²) in [5.74, 6) is 0.543. The van der Waals surface area contributed by atoms with Crippen molar-refractivity contribution in [3.05, 3.63) is 65.2 Å². The molecule has 0 fully saturated rings. The summed E-state index contributed by atoms with van der Waals surface area (Å²) in [6.45, 7) is 2.00. The number of benzene rings is 2. The minimum atomic E-state index is -0.214.